The maximum atomic E-state index is 12.1. The first kappa shape index (κ1) is 13.9. The minimum Gasteiger partial charge on any atom is -0.484 e. The van der Waals surface area contributed by atoms with Crippen molar-refractivity contribution in [3.63, 3.8) is 0 Å². The van der Waals surface area contributed by atoms with Gasteiger partial charge in [0.05, 0.1) is 0 Å². The molecule has 0 aromatic heterocycles. The van der Waals surface area contributed by atoms with Crippen LogP contribution in [0.15, 0.2) is 24.3 Å². The Hall–Kier alpha value is -1.55. The molecule has 0 radical (unpaired) electrons. The summed E-state index contributed by atoms with van der Waals surface area (Å²) >= 11 is 0. The summed E-state index contributed by atoms with van der Waals surface area (Å²) in [6.07, 6.45) is 0. The second kappa shape index (κ2) is 6.06. The minimum absolute atomic E-state index is 0.0708. The number of aryl methyl sites for hydroxylation is 1. The molecule has 1 atom stereocenters. The molecule has 0 bridgehead atoms. The van der Waals surface area contributed by atoms with E-state index in [2.05, 4.69) is 18.9 Å². The molecule has 4 nitrogen and oxygen atoms in total. The molecule has 1 amide bonds. The van der Waals surface area contributed by atoms with Crippen LogP contribution in [0, 0.1) is 6.92 Å². The van der Waals surface area contributed by atoms with Crippen LogP contribution in [0.3, 0.4) is 0 Å². The van der Waals surface area contributed by atoms with Gasteiger partial charge in [0.15, 0.2) is 6.61 Å². The molecule has 1 aromatic rings. The first-order valence-corrected chi connectivity index (χ1v) is 6.74. The number of ether oxygens (including phenoxy) is 1. The number of likely N-dealkylation sites (N-methyl/N-ethyl adjacent to an activating group) is 1. The molecule has 104 valence electrons. The number of hydrogen-bond donors (Lipinski definition) is 0. The van der Waals surface area contributed by atoms with Crippen LogP contribution in [0.25, 0.3) is 0 Å². The summed E-state index contributed by atoms with van der Waals surface area (Å²) in [7, 11) is 2.09. The van der Waals surface area contributed by atoms with Gasteiger partial charge in [0.25, 0.3) is 5.91 Å². The summed E-state index contributed by atoms with van der Waals surface area (Å²) in [5, 5.41) is 0. The third kappa shape index (κ3) is 3.70. The Morgan fingerprint density at radius 3 is 2.89 bits per heavy atom. The molecule has 1 aliphatic heterocycles. The number of piperazine rings is 1. The summed E-state index contributed by atoms with van der Waals surface area (Å²) in [6.45, 7) is 6.78. The Balaban J connectivity index is 1.84. The van der Waals surface area contributed by atoms with Crippen molar-refractivity contribution in [1.29, 1.82) is 0 Å². The van der Waals surface area contributed by atoms with E-state index in [4.69, 9.17) is 4.74 Å². The van der Waals surface area contributed by atoms with Gasteiger partial charge < -0.3 is 14.5 Å². The SMILES string of the molecule is Cc1cccc(OCC(=O)N2CCN(C)C(C)C2)c1. The Bertz CT molecular complexity index is 448. The van der Waals surface area contributed by atoms with Crippen LogP contribution < -0.4 is 4.74 Å². The monoisotopic (exact) mass is 262 g/mol. The van der Waals surface area contributed by atoms with Crippen molar-refractivity contribution in [3.05, 3.63) is 29.8 Å². The highest BCUT2D eigenvalue weighted by molar-refractivity contribution is 5.78. The summed E-state index contributed by atoms with van der Waals surface area (Å²) in [4.78, 5) is 16.2. The zero-order chi connectivity index (χ0) is 13.8. The summed E-state index contributed by atoms with van der Waals surface area (Å²) in [5.41, 5.74) is 1.14. The molecule has 0 N–H and O–H groups in total. The van der Waals surface area contributed by atoms with Gasteiger partial charge in [0, 0.05) is 25.7 Å². The maximum absolute atomic E-state index is 12.1. The first-order valence-electron chi connectivity index (χ1n) is 6.74. The normalized spacial score (nSPS) is 20.4. The summed E-state index contributed by atoms with van der Waals surface area (Å²) < 4.78 is 5.56. The van der Waals surface area contributed by atoms with Gasteiger partial charge in [-0.2, -0.15) is 0 Å². The topological polar surface area (TPSA) is 32.8 Å². The van der Waals surface area contributed by atoms with E-state index in [1.165, 1.54) is 0 Å². The number of rotatable bonds is 3. The number of carbonyl (C=O) groups excluding carboxylic acids is 1. The molecular formula is C15H22N2O2. The fourth-order valence-electron chi connectivity index (χ4n) is 2.22. The molecule has 2 rings (SSSR count). The Morgan fingerprint density at radius 2 is 2.21 bits per heavy atom. The molecule has 1 saturated heterocycles. The minimum atomic E-state index is 0.0708. The van der Waals surface area contributed by atoms with Crippen molar-refractivity contribution in [1.82, 2.24) is 9.80 Å². The largest absolute Gasteiger partial charge is 0.484 e. The summed E-state index contributed by atoms with van der Waals surface area (Å²) in [5.74, 6) is 0.831. The predicted molar refractivity (Wildman–Crippen MR) is 75.3 cm³/mol. The van der Waals surface area contributed by atoms with Crippen LogP contribution in [-0.4, -0.2) is 55.0 Å². The fraction of sp³-hybridized carbons (Fsp3) is 0.533. The molecule has 1 fully saturated rings. The number of benzene rings is 1. The van der Waals surface area contributed by atoms with Gasteiger partial charge in [-0.25, -0.2) is 0 Å². The molecule has 1 aliphatic rings. The summed E-state index contributed by atoms with van der Waals surface area (Å²) in [6, 6.07) is 8.19. The van der Waals surface area contributed by atoms with Crippen molar-refractivity contribution >= 4 is 5.91 Å². The van der Waals surface area contributed by atoms with Gasteiger partial charge in [-0.1, -0.05) is 12.1 Å². The number of carbonyl (C=O) groups is 1. The van der Waals surface area contributed by atoms with Crippen molar-refractivity contribution in [3.8, 4) is 5.75 Å². The molecule has 1 heterocycles. The lowest BCUT2D eigenvalue weighted by Crippen LogP contribution is -2.53. The van der Waals surface area contributed by atoms with E-state index in [-0.39, 0.29) is 12.5 Å². The zero-order valence-corrected chi connectivity index (χ0v) is 11.9. The van der Waals surface area contributed by atoms with Crippen molar-refractivity contribution < 1.29 is 9.53 Å². The van der Waals surface area contributed by atoms with Gasteiger partial charge in [0.2, 0.25) is 0 Å². The van der Waals surface area contributed by atoms with E-state index in [0.29, 0.717) is 6.04 Å². The second-order valence-corrected chi connectivity index (χ2v) is 5.27. The van der Waals surface area contributed by atoms with Crippen molar-refractivity contribution in [2.75, 3.05) is 33.3 Å². The molecule has 1 unspecified atom stereocenters. The maximum Gasteiger partial charge on any atom is 0.260 e. The number of hydrogen-bond acceptors (Lipinski definition) is 3. The van der Waals surface area contributed by atoms with Gasteiger partial charge >= 0.3 is 0 Å². The third-order valence-corrected chi connectivity index (χ3v) is 3.66. The highest BCUT2D eigenvalue weighted by atomic mass is 16.5. The fourth-order valence-corrected chi connectivity index (χ4v) is 2.22. The van der Waals surface area contributed by atoms with Crippen molar-refractivity contribution in [2.45, 2.75) is 19.9 Å². The highest BCUT2D eigenvalue weighted by Crippen LogP contribution is 2.13. The lowest BCUT2D eigenvalue weighted by molar-refractivity contribution is -0.135. The van der Waals surface area contributed by atoms with Gasteiger partial charge in [-0.3, -0.25) is 4.79 Å². The van der Waals surface area contributed by atoms with Crippen LogP contribution in [0.5, 0.6) is 5.75 Å². The van der Waals surface area contributed by atoms with E-state index in [0.717, 1.165) is 30.9 Å². The highest BCUT2D eigenvalue weighted by Gasteiger charge is 2.24. The Kier molecular flexibility index (Phi) is 4.43. The second-order valence-electron chi connectivity index (χ2n) is 5.27. The van der Waals surface area contributed by atoms with E-state index >= 15 is 0 Å². The van der Waals surface area contributed by atoms with Crippen molar-refractivity contribution in [2.24, 2.45) is 0 Å². The van der Waals surface area contributed by atoms with E-state index < -0.39 is 0 Å². The van der Waals surface area contributed by atoms with Crippen LogP contribution in [0.2, 0.25) is 0 Å². The van der Waals surface area contributed by atoms with Gasteiger partial charge in [-0.05, 0) is 38.6 Å². The van der Waals surface area contributed by atoms with E-state index in [1.807, 2.05) is 36.1 Å². The lowest BCUT2D eigenvalue weighted by Gasteiger charge is -2.37. The molecular weight excluding hydrogens is 240 g/mol. The lowest BCUT2D eigenvalue weighted by atomic mass is 10.2. The standard InChI is InChI=1S/C15H22N2O2/c1-12-5-4-6-14(9-12)19-11-15(18)17-8-7-16(3)13(2)10-17/h4-6,9,13H,7-8,10-11H2,1-3H3. The number of nitrogens with zero attached hydrogens (tertiary/aromatic N) is 2. The third-order valence-electron chi connectivity index (χ3n) is 3.66. The molecule has 19 heavy (non-hydrogen) atoms. The van der Waals surface area contributed by atoms with Crippen LogP contribution in [0.1, 0.15) is 12.5 Å². The zero-order valence-electron chi connectivity index (χ0n) is 11.9. The average molecular weight is 262 g/mol. The van der Waals surface area contributed by atoms with Gasteiger partial charge in [-0.15, -0.1) is 0 Å². The van der Waals surface area contributed by atoms with Crippen LogP contribution >= 0.6 is 0 Å². The van der Waals surface area contributed by atoms with Crippen LogP contribution in [-0.2, 0) is 4.79 Å². The Labute approximate surface area is 115 Å². The molecule has 0 aliphatic carbocycles. The first-order chi connectivity index (χ1) is 9.06. The number of amides is 1. The predicted octanol–water partition coefficient (Wildman–Crippen LogP) is 1.54. The molecule has 4 heteroatoms. The molecule has 0 saturated carbocycles. The smallest absolute Gasteiger partial charge is 0.260 e. The molecule has 0 spiro atoms. The van der Waals surface area contributed by atoms with E-state index in [9.17, 15) is 4.79 Å². The average Bonchev–Trinajstić information content (AvgIpc) is 2.39. The van der Waals surface area contributed by atoms with Gasteiger partial charge in [0.1, 0.15) is 5.75 Å². The molecule has 1 aromatic carbocycles. The van der Waals surface area contributed by atoms with E-state index in [1.54, 1.807) is 0 Å². The van der Waals surface area contributed by atoms with Crippen LogP contribution in [0.4, 0.5) is 0 Å². The quantitative estimate of drug-likeness (QED) is 0.828. The Morgan fingerprint density at radius 1 is 1.42 bits per heavy atom.